The van der Waals surface area contributed by atoms with E-state index in [1.807, 2.05) is 19.1 Å². The van der Waals surface area contributed by atoms with Crippen molar-refractivity contribution in [3.05, 3.63) is 34.4 Å². The summed E-state index contributed by atoms with van der Waals surface area (Å²) in [6, 6.07) is 6.24. The molecule has 2 rings (SSSR count). The molecule has 0 saturated carbocycles. The average Bonchev–Trinajstić information content (AvgIpc) is 2.64. The maximum Gasteiger partial charge on any atom is 0.0994 e. The van der Waals surface area contributed by atoms with Crippen molar-refractivity contribution in [3.63, 3.8) is 0 Å². The van der Waals surface area contributed by atoms with Gasteiger partial charge in [-0.1, -0.05) is 6.07 Å². The molecule has 0 aromatic heterocycles. The van der Waals surface area contributed by atoms with Crippen LogP contribution in [-0.2, 0) is 12.8 Å². The molecule has 0 radical (unpaired) electrons. The Kier molecular flexibility index (Phi) is 2.26. The summed E-state index contributed by atoms with van der Waals surface area (Å²) in [7, 11) is 0. The normalized spacial score (nSPS) is 16.1. The molecule has 1 aliphatic carbocycles. The first-order valence-corrected chi connectivity index (χ1v) is 5.04. The SMILES string of the molecule is C[C@@H](N)c1ccc(C#N)c2c1CCC2. The van der Waals surface area contributed by atoms with Crippen LogP contribution in [0.15, 0.2) is 12.1 Å². The lowest BCUT2D eigenvalue weighted by atomic mass is 9.95. The molecule has 2 heteroatoms. The molecule has 0 saturated heterocycles. The van der Waals surface area contributed by atoms with Gasteiger partial charge < -0.3 is 5.73 Å². The summed E-state index contributed by atoms with van der Waals surface area (Å²) in [6.07, 6.45) is 3.29. The highest BCUT2D eigenvalue weighted by Gasteiger charge is 2.19. The van der Waals surface area contributed by atoms with Crippen LogP contribution in [0.4, 0.5) is 0 Å². The number of fused-ring (bicyclic) bond motifs is 1. The number of nitriles is 1. The van der Waals surface area contributed by atoms with Crippen molar-refractivity contribution in [2.24, 2.45) is 5.73 Å². The molecule has 0 spiro atoms. The molecule has 0 aliphatic heterocycles. The lowest BCUT2D eigenvalue weighted by Gasteiger charge is -2.12. The summed E-state index contributed by atoms with van der Waals surface area (Å²) in [5.41, 5.74) is 10.5. The van der Waals surface area contributed by atoms with Gasteiger partial charge in [0.15, 0.2) is 0 Å². The van der Waals surface area contributed by atoms with Crippen LogP contribution < -0.4 is 5.73 Å². The predicted molar refractivity (Wildman–Crippen MR) is 55.8 cm³/mol. The molecule has 1 atom stereocenters. The standard InChI is InChI=1S/C12H14N2/c1-8(14)10-6-5-9(7-13)11-3-2-4-12(10)11/h5-6,8H,2-4,14H2,1H3/t8-/m1/s1. The van der Waals surface area contributed by atoms with Crippen LogP contribution in [0, 0.1) is 11.3 Å². The van der Waals surface area contributed by atoms with Gasteiger partial charge in [0.25, 0.3) is 0 Å². The second-order valence-electron chi connectivity index (χ2n) is 3.91. The van der Waals surface area contributed by atoms with Crippen LogP contribution >= 0.6 is 0 Å². The van der Waals surface area contributed by atoms with Gasteiger partial charge in [0.1, 0.15) is 0 Å². The third-order valence-electron chi connectivity index (χ3n) is 2.93. The van der Waals surface area contributed by atoms with E-state index in [1.165, 1.54) is 16.7 Å². The monoisotopic (exact) mass is 186 g/mol. The lowest BCUT2D eigenvalue weighted by molar-refractivity contribution is 0.799. The summed E-state index contributed by atoms with van der Waals surface area (Å²) in [5, 5.41) is 8.95. The molecule has 72 valence electrons. The summed E-state index contributed by atoms with van der Waals surface area (Å²) < 4.78 is 0. The largest absolute Gasteiger partial charge is 0.324 e. The van der Waals surface area contributed by atoms with Crippen molar-refractivity contribution >= 4 is 0 Å². The molecule has 0 fully saturated rings. The van der Waals surface area contributed by atoms with E-state index in [9.17, 15) is 0 Å². The third kappa shape index (κ3) is 1.30. The molecular weight excluding hydrogens is 172 g/mol. The molecule has 0 unspecified atom stereocenters. The number of nitrogens with zero attached hydrogens (tertiary/aromatic N) is 1. The van der Waals surface area contributed by atoms with Crippen LogP contribution in [0.3, 0.4) is 0 Å². The van der Waals surface area contributed by atoms with E-state index in [-0.39, 0.29) is 6.04 Å². The average molecular weight is 186 g/mol. The Morgan fingerprint density at radius 3 is 2.71 bits per heavy atom. The first kappa shape index (κ1) is 9.23. The maximum absolute atomic E-state index is 8.95. The van der Waals surface area contributed by atoms with Crippen LogP contribution in [0.2, 0.25) is 0 Å². The Morgan fingerprint density at radius 2 is 2.07 bits per heavy atom. The van der Waals surface area contributed by atoms with E-state index >= 15 is 0 Å². The first-order valence-electron chi connectivity index (χ1n) is 5.04. The van der Waals surface area contributed by atoms with E-state index in [2.05, 4.69) is 6.07 Å². The Morgan fingerprint density at radius 1 is 1.36 bits per heavy atom. The van der Waals surface area contributed by atoms with Crippen molar-refractivity contribution in [3.8, 4) is 6.07 Å². The molecular formula is C12H14N2. The zero-order valence-electron chi connectivity index (χ0n) is 8.38. The Balaban J connectivity index is 2.60. The summed E-state index contributed by atoms with van der Waals surface area (Å²) in [6.45, 7) is 2.00. The second kappa shape index (κ2) is 3.43. The first-order chi connectivity index (χ1) is 6.74. The molecule has 14 heavy (non-hydrogen) atoms. The Hall–Kier alpha value is -1.33. The van der Waals surface area contributed by atoms with E-state index < -0.39 is 0 Å². The van der Waals surface area contributed by atoms with E-state index in [0.29, 0.717) is 0 Å². The lowest BCUT2D eigenvalue weighted by Crippen LogP contribution is -2.08. The van der Waals surface area contributed by atoms with Gasteiger partial charge in [-0.25, -0.2) is 0 Å². The zero-order chi connectivity index (χ0) is 10.1. The number of benzene rings is 1. The predicted octanol–water partition coefficient (Wildman–Crippen LogP) is 2.07. The van der Waals surface area contributed by atoms with E-state index in [1.54, 1.807) is 0 Å². The molecule has 0 heterocycles. The van der Waals surface area contributed by atoms with Crippen molar-refractivity contribution in [1.82, 2.24) is 0 Å². The van der Waals surface area contributed by atoms with Gasteiger partial charge in [-0.05, 0) is 48.9 Å². The minimum atomic E-state index is 0.0783. The van der Waals surface area contributed by atoms with Crippen LogP contribution in [0.5, 0.6) is 0 Å². The van der Waals surface area contributed by atoms with Crippen LogP contribution in [0.25, 0.3) is 0 Å². The zero-order valence-corrected chi connectivity index (χ0v) is 8.38. The molecule has 1 aromatic carbocycles. The van der Waals surface area contributed by atoms with E-state index in [4.69, 9.17) is 11.0 Å². The second-order valence-corrected chi connectivity index (χ2v) is 3.91. The Labute approximate surface area is 84.3 Å². The van der Waals surface area contributed by atoms with Gasteiger partial charge in [-0.2, -0.15) is 5.26 Å². The molecule has 2 nitrogen and oxygen atoms in total. The minimum Gasteiger partial charge on any atom is -0.324 e. The fourth-order valence-electron chi connectivity index (χ4n) is 2.27. The molecule has 0 amide bonds. The highest BCUT2D eigenvalue weighted by Crippen LogP contribution is 2.30. The number of nitrogens with two attached hydrogens (primary N) is 1. The van der Waals surface area contributed by atoms with Gasteiger partial charge in [-0.3, -0.25) is 0 Å². The third-order valence-corrected chi connectivity index (χ3v) is 2.93. The van der Waals surface area contributed by atoms with Gasteiger partial charge in [0, 0.05) is 6.04 Å². The quantitative estimate of drug-likeness (QED) is 0.729. The number of hydrogen-bond acceptors (Lipinski definition) is 2. The van der Waals surface area contributed by atoms with Gasteiger partial charge in [0.2, 0.25) is 0 Å². The van der Waals surface area contributed by atoms with Crippen LogP contribution in [0.1, 0.15) is 41.6 Å². The maximum atomic E-state index is 8.95. The number of rotatable bonds is 1. The fraction of sp³-hybridized carbons (Fsp3) is 0.417. The smallest absolute Gasteiger partial charge is 0.0994 e. The van der Waals surface area contributed by atoms with Crippen molar-refractivity contribution in [2.45, 2.75) is 32.2 Å². The topological polar surface area (TPSA) is 49.8 Å². The van der Waals surface area contributed by atoms with Gasteiger partial charge in [-0.15, -0.1) is 0 Å². The summed E-state index contributed by atoms with van der Waals surface area (Å²) in [4.78, 5) is 0. The van der Waals surface area contributed by atoms with Crippen LogP contribution in [-0.4, -0.2) is 0 Å². The minimum absolute atomic E-state index is 0.0783. The fourth-order valence-corrected chi connectivity index (χ4v) is 2.27. The highest BCUT2D eigenvalue weighted by molar-refractivity contribution is 5.49. The summed E-state index contributed by atoms with van der Waals surface area (Å²) in [5.74, 6) is 0. The molecule has 2 N–H and O–H groups in total. The summed E-state index contributed by atoms with van der Waals surface area (Å²) >= 11 is 0. The van der Waals surface area contributed by atoms with Crippen molar-refractivity contribution < 1.29 is 0 Å². The van der Waals surface area contributed by atoms with E-state index in [0.717, 1.165) is 24.8 Å². The highest BCUT2D eigenvalue weighted by atomic mass is 14.6. The molecule has 1 aliphatic rings. The molecule has 1 aromatic rings. The van der Waals surface area contributed by atoms with Gasteiger partial charge >= 0.3 is 0 Å². The van der Waals surface area contributed by atoms with Crippen molar-refractivity contribution in [2.75, 3.05) is 0 Å². The van der Waals surface area contributed by atoms with Crippen molar-refractivity contribution in [1.29, 1.82) is 5.26 Å². The Bertz CT molecular complexity index is 400. The molecule has 0 bridgehead atoms. The van der Waals surface area contributed by atoms with Gasteiger partial charge in [0.05, 0.1) is 11.6 Å². The number of hydrogen-bond donors (Lipinski definition) is 1.